The van der Waals surface area contributed by atoms with Crippen LogP contribution < -0.4 is 11.2 Å². The van der Waals surface area contributed by atoms with Crippen molar-refractivity contribution in [2.45, 2.75) is 32.6 Å². The van der Waals surface area contributed by atoms with E-state index in [2.05, 4.69) is 4.98 Å². The lowest BCUT2D eigenvalue weighted by molar-refractivity contribution is -0.148. The summed E-state index contributed by atoms with van der Waals surface area (Å²) in [4.78, 5) is 37.1. The van der Waals surface area contributed by atoms with Crippen molar-refractivity contribution in [1.82, 2.24) is 9.55 Å². The fourth-order valence-electron chi connectivity index (χ4n) is 2.79. The monoisotopic (exact) mass is 330 g/mol. The molecular formula is C17H18N2O5. The van der Waals surface area contributed by atoms with Gasteiger partial charge in [0.05, 0.1) is 6.10 Å². The molecule has 1 aliphatic heterocycles. The van der Waals surface area contributed by atoms with E-state index in [1.165, 1.54) is 17.7 Å². The maximum atomic E-state index is 12.2. The first-order valence-electron chi connectivity index (χ1n) is 7.64. The molecule has 24 heavy (non-hydrogen) atoms. The zero-order valence-corrected chi connectivity index (χ0v) is 13.4. The molecule has 126 valence electrons. The SMILES string of the molecule is CC(=O)OC[C@@H]1Cc2ccccc2[C@@H](n2cc(C)c(=O)[nH]c2=O)O1. The molecule has 0 spiro atoms. The summed E-state index contributed by atoms with van der Waals surface area (Å²) < 4.78 is 12.4. The molecule has 0 unspecified atom stereocenters. The van der Waals surface area contributed by atoms with Gasteiger partial charge in [-0.15, -0.1) is 0 Å². The molecule has 0 saturated carbocycles. The van der Waals surface area contributed by atoms with Gasteiger partial charge in [0, 0.05) is 30.7 Å². The molecule has 1 aromatic heterocycles. The Hall–Kier alpha value is -2.67. The van der Waals surface area contributed by atoms with Gasteiger partial charge in [-0.1, -0.05) is 24.3 Å². The molecule has 7 nitrogen and oxygen atoms in total. The smallest absolute Gasteiger partial charge is 0.330 e. The zero-order chi connectivity index (χ0) is 17.3. The summed E-state index contributed by atoms with van der Waals surface area (Å²) in [6.45, 7) is 3.07. The van der Waals surface area contributed by atoms with Crippen LogP contribution in [0.15, 0.2) is 40.1 Å². The minimum absolute atomic E-state index is 0.108. The second kappa shape index (κ2) is 6.45. The Morgan fingerprint density at radius 2 is 2.12 bits per heavy atom. The lowest BCUT2D eigenvalue weighted by Crippen LogP contribution is -2.40. The maximum Gasteiger partial charge on any atom is 0.330 e. The van der Waals surface area contributed by atoms with E-state index in [0.717, 1.165) is 11.1 Å². The standard InChI is InChI=1S/C17H18N2O5/c1-10-8-19(17(22)18-15(10)21)16-14-6-4-3-5-12(14)7-13(24-16)9-23-11(2)20/h3-6,8,13,16H,7,9H2,1-2H3,(H,18,21,22)/t13-,16-/m0/s1. The van der Waals surface area contributed by atoms with E-state index in [1.54, 1.807) is 6.92 Å². The number of esters is 1. The third-order valence-electron chi connectivity index (χ3n) is 3.96. The second-order valence-corrected chi connectivity index (χ2v) is 5.79. The van der Waals surface area contributed by atoms with Gasteiger partial charge >= 0.3 is 11.7 Å². The van der Waals surface area contributed by atoms with E-state index in [-0.39, 0.29) is 18.7 Å². The third kappa shape index (κ3) is 3.16. The van der Waals surface area contributed by atoms with Crippen molar-refractivity contribution < 1.29 is 14.3 Å². The molecule has 2 atom stereocenters. The van der Waals surface area contributed by atoms with Gasteiger partial charge < -0.3 is 9.47 Å². The molecule has 2 heterocycles. The molecule has 7 heteroatoms. The van der Waals surface area contributed by atoms with Crippen molar-refractivity contribution in [2.24, 2.45) is 0 Å². The summed E-state index contributed by atoms with van der Waals surface area (Å²) in [5.74, 6) is -0.383. The molecule has 0 bridgehead atoms. The first-order chi connectivity index (χ1) is 11.5. The van der Waals surface area contributed by atoms with Crippen LogP contribution in [0.5, 0.6) is 0 Å². The van der Waals surface area contributed by atoms with Gasteiger partial charge in [-0.2, -0.15) is 0 Å². The summed E-state index contributed by atoms with van der Waals surface area (Å²) in [5.41, 5.74) is 1.32. The molecule has 0 amide bonds. The van der Waals surface area contributed by atoms with E-state index in [1.807, 2.05) is 24.3 Å². The molecule has 0 aliphatic carbocycles. The molecule has 3 rings (SSSR count). The van der Waals surface area contributed by atoms with Crippen molar-refractivity contribution >= 4 is 5.97 Å². The second-order valence-electron chi connectivity index (χ2n) is 5.79. The van der Waals surface area contributed by atoms with Crippen LogP contribution in [0.25, 0.3) is 0 Å². The van der Waals surface area contributed by atoms with Gasteiger partial charge in [0.15, 0.2) is 6.23 Å². The van der Waals surface area contributed by atoms with Crippen LogP contribution in [0.1, 0.15) is 29.8 Å². The number of hydrogen-bond donors (Lipinski definition) is 1. The molecule has 1 aliphatic rings. The van der Waals surface area contributed by atoms with E-state index < -0.39 is 17.5 Å². The van der Waals surface area contributed by atoms with E-state index >= 15 is 0 Å². The number of ether oxygens (including phenoxy) is 2. The summed E-state index contributed by atoms with van der Waals surface area (Å²) in [5, 5.41) is 0. The summed E-state index contributed by atoms with van der Waals surface area (Å²) >= 11 is 0. The minimum Gasteiger partial charge on any atom is -0.463 e. The fraction of sp³-hybridized carbons (Fsp3) is 0.353. The van der Waals surface area contributed by atoms with E-state index in [9.17, 15) is 14.4 Å². The van der Waals surface area contributed by atoms with Crippen molar-refractivity contribution in [3.8, 4) is 0 Å². The number of fused-ring (bicyclic) bond motifs is 1. The first kappa shape index (κ1) is 16.2. The molecule has 1 N–H and O–H groups in total. The molecule has 2 aromatic rings. The number of carbonyl (C=O) groups excluding carboxylic acids is 1. The van der Waals surface area contributed by atoms with Crippen LogP contribution in [0.2, 0.25) is 0 Å². The van der Waals surface area contributed by atoms with E-state index in [0.29, 0.717) is 12.0 Å². The highest BCUT2D eigenvalue weighted by molar-refractivity contribution is 5.65. The Morgan fingerprint density at radius 3 is 2.88 bits per heavy atom. The molecule has 0 fully saturated rings. The Morgan fingerprint density at radius 1 is 1.38 bits per heavy atom. The first-order valence-corrected chi connectivity index (χ1v) is 7.64. The topological polar surface area (TPSA) is 90.4 Å². The zero-order valence-electron chi connectivity index (χ0n) is 13.4. The summed E-state index contributed by atoms with van der Waals surface area (Å²) in [6, 6.07) is 7.61. The van der Waals surface area contributed by atoms with Crippen molar-refractivity contribution in [2.75, 3.05) is 6.61 Å². The van der Waals surface area contributed by atoms with Crippen LogP contribution in [-0.4, -0.2) is 28.2 Å². The number of nitrogens with one attached hydrogen (secondary N) is 1. The fourth-order valence-corrected chi connectivity index (χ4v) is 2.79. The van der Waals surface area contributed by atoms with Gasteiger partial charge in [-0.25, -0.2) is 4.79 Å². The Kier molecular flexibility index (Phi) is 4.35. The highest BCUT2D eigenvalue weighted by Gasteiger charge is 2.30. The number of rotatable bonds is 3. The predicted octanol–water partition coefficient (Wildman–Crippen LogP) is 0.896. The van der Waals surface area contributed by atoms with Crippen LogP contribution in [0.4, 0.5) is 0 Å². The van der Waals surface area contributed by atoms with Crippen molar-refractivity contribution in [3.05, 3.63) is 68.0 Å². The van der Waals surface area contributed by atoms with Gasteiger partial charge in [0.2, 0.25) is 0 Å². The summed E-state index contributed by atoms with van der Waals surface area (Å²) in [6.07, 6.45) is 1.01. The van der Waals surface area contributed by atoms with E-state index in [4.69, 9.17) is 9.47 Å². The van der Waals surface area contributed by atoms with Gasteiger partial charge in [0.25, 0.3) is 5.56 Å². The predicted molar refractivity (Wildman–Crippen MR) is 85.9 cm³/mol. The number of hydrogen-bond acceptors (Lipinski definition) is 5. The maximum absolute atomic E-state index is 12.2. The average Bonchev–Trinajstić information content (AvgIpc) is 2.55. The van der Waals surface area contributed by atoms with Crippen molar-refractivity contribution in [3.63, 3.8) is 0 Å². The normalized spacial score (nSPS) is 19.6. The van der Waals surface area contributed by atoms with Gasteiger partial charge in [-0.3, -0.25) is 19.1 Å². The number of H-pyrrole nitrogens is 1. The number of nitrogens with zero attached hydrogens (tertiary/aromatic N) is 1. The molecule has 0 saturated heterocycles. The number of aromatic nitrogens is 2. The highest BCUT2D eigenvalue weighted by atomic mass is 16.6. The lowest BCUT2D eigenvalue weighted by atomic mass is 9.97. The molecule has 0 radical (unpaired) electrons. The lowest BCUT2D eigenvalue weighted by Gasteiger charge is -2.32. The molecule has 1 aromatic carbocycles. The summed E-state index contributed by atoms with van der Waals surface area (Å²) in [7, 11) is 0. The number of benzene rings is 1. The van der Waals surface area contributed by atoms with Crippen LogP contribution >= 0.6 is 0 Å². The minimum atomic E-state index is -0.682. The number of aromatic amines is 1. The number of aryl methyl sites for hydroxylation is 1. The highest BCUT2D eigenvalue weighted by Crippen LogP contribution is 2.30. The quantitative estimate of drug-likeness (QED) is 0.844. The average molecular weight is 330 g/mol. The van der Waals surface area contributed by atoms with Crippen LogP contribution in [0.3, 0.4) is 0 Å². The third-order valence-corrected chi connectivity index (χ3v) is 3.96. The van der Waals surface area contributed by atoms with Gasteiger partial charge in [0.1, 0.15) is 6.61 Å². The van der Waals surface area contributed by atoms with Crippen LogP contribution in [-0.2, 0) is 20.7 Å². The largest absolute Gasteiger partial charge is 0.463 e. The number of carbonyl (C=O) groups is 1. The Balaban J connectivity index is 2.02. The van der Waals surface area contributed by atoms with Crippen molar-refractivity contribution in [1.29, 1.82) is 0 Å². The molecular weight excluding hydrogens is 312 g/mol. The van der Waals surface area contributed by atoms with Crippen LogP contribution in [0, 0.1) is 6.92 Å². The Labute approximate surface area is 137 Å². The van der Waals surface area contributed by atoms with Gasteiger partial charge in [-0.05, 0) is 12.5 Å². The Bertz CT molecular complexity index is 883.